The van der Waals surface area contributed by atoms with E-state index in [1.165, 1.54) is 7.11 Å². The third-order valence-electron chi connectivity index (χ3n) is 2.85. The van der Waals surface area contributed by atoms with Gasteiger partial charge in [-0.3, -0.25) is 0 Å². The van der Waals surface area contributed by atoms with Crippen LogP contribution in [-0.4, -0.2) is 25.9 Å². The Bertz CT molecular complexity index is 433. The molecule has 0 saturated heterocycles. The Kier molecular flexibility index (Phi) is 6.98. The summed E-state index contributed by atoms with van der Waals surface area (Å²) in [5.41, 5.74) is 1.79. The van der Waals surface area contributed by atoms with Gasteiger partial charge in [-0.15, -0.1) is 0 Å². The lowest BCUT2D eigenvalue weighted by molar-refractivity contribution is -0.146. The highest BCUT2D eigenvalue weighted by Gasteiger charge is 2.26. The summed E-state index contributed by atoms with van der Waals surface area (Å²) < 4.78 is 46.5. The standard InChI is InChI=1S/C15H22F3NO2/c1-11(2)19-9-12-4-5-14(20-3)13(8-12)10-21-7-6-15(16,17)18/h4-5,8,11,19H,6-7,9-10H2,1-3H3. The summed E-state index contributed by atoms with van der Waals surface area (Å²) in [4.78, 5) is 0. The number of hydrogen-bond acceptors (Lipinski definition) is 3. The third-order valence-corrected chi connectivity index (χ3v) is 2.85. The highest BCUT2D eigenvalue weighted by atomic mass is 19.4. The predicted octanol–water partition coefficient (Wildman–Crippen LogP) is 3.66. The molecule has 1 aromatic carbocycles. The Labute approximate surface area is 123 Å². The van der Waals surface area contributed by atoms with Gasteiger partial charge in [0.2, 0.25) is 0 Å². The van der Waals surface area contributed by atoms with Crippen molar-refractivity contribution in [1.29, 1.82) is 0 Å². The van der Waals surface area contributed by atoms with Crippen molar-refractivity contribution in [2.75, 3.05) is 13.7 Å². The van der Waals surface area contributed by atoms with Gasteiger partial charge in [-0.2, -0.15) is 13.2 Å². The van der Waals surface area contributed by atoms with Gasteiger partial charge in [0.15, 0.2) is 0 Å². The monoisotopic (exact) mass is 305 g/mol. The maximum absolute atomic E-state index is 12.1. The summed E-state index contributed by atoms with van der Waals surface area (Å²) in [5, 5.41) is 3.28. The molecule has 3 nitrogen and oxygen atoms in total. The minimum Gasteiger partial charge on any atom is -0.496 e. The van der Waals surface area contributed by atoms with E-state index < -0.39 is 12.6 Å². The maximum atomic E-state index is 12.1. The van der Waals surface area contributed by atoms with E-state index in [-0.39, 0.29) is 13.2 Å². The molecule has 0 aliphatic heterocycles. The second-order valence-corrected chi connectivity index (χ2v) is 5.10. The molecule has 1 rings (SSSR count). The van der Waals surface area contributed by atoms with Crippen LogP contribution in [0, 0.1) is 0 Å². The van der Waals surface area contributed by atoms with Crippen molar-refractivity contribution in [2.24, 2.45) is 0 Å². The van der Waals surface area contributed by atoms with Crippen LogP contribution in [-0.2, 0) is 17.9 Å². The number of methoxy groups -OCH3 is 1. The summed E-state index contributed by atoms with van der Waals surface area (Å²) >= 11 is 0. The topological polar surface area (TPSA) is 30.5 Å². The molecule has 0 fully saturated rings. The van der Waals surface area contributed by atoms with E-state index >= 15 is 0 Å². The quantitative estimate of drug-likeness (QED) is 0.744. The zero-order valence-electron chi connectivity index (χ0n) is 12.6. The molecule has 0 heterocycles. The Morgan fingerprint density at radius 1 is 1.24 bits per heavy atom. The Hall–Kier alpha value is -1.27. The molecule has 21 heavy (non-hydrogen) atoms. The van der Waals surface area contributed by atoms with Gasteiger partial charge in [-0.25, -0.2) is 0 Å². The first-order chi connectivity index (χ1) is 9.81. The van der Waals surface area contributed by atoms with Crippen molar-refractivity contribution in [3.05, 3.63) is 29.3 Å². The number of nitrogens with one attached hydrogen (secondary N) is 1. The van der Waals surface area contributed by atoms with Gasteiger partial charge >= 0.3 is 6.18 Å². The van der Waals surface area contributed by atoms with Crippen molar-refractivity contribution in [1.82, 2.24) is 5.32 Å². The number of benzene rings is 1. The van der Waals surface area contributed by atoms with Crippen LogP contribution in [0.4, 0.5) is 13.2 Å². The molecular weight excluding hydrogens is 283 g/mol. The average molecular weight is 305 g/mol. The molecule has 0 saturated carbocycles. The van der Waals surface area contributed by atoms with E-state index in [1.807, 2.05) is 26.0 Å². The molecule has 0 amide bonds. The molecule has 120 valence electrons. The van der Waals surface area contributed by atoms with Crippen LogP contribution in [0.5, 0.6) is 5.75 Å². The highest BCUT2D eigenvalue weighted by molar-refractivity contribution is 5.36. The molecule has 1 N–H and O–H groups in total. The maximum Gasteiger partial charge on any atom is 0.391 e. The van der Waals surface area contributed by atoms with Gasteiger partial charge in [0.05, 0.1) is 26.7 Å². The molecule has 0 radical (unpaired) electrons. The lowest BCUT2D eigenvalue weighted by Gasteiger charge is -2.13. The number of ether oxygens (including phenoxy) is 2. The van der Waals surface area contributed by atoms with Crippen LogP contribution in [0.25, 0.3) is 0 Å². The van der Waals surface area contributed by atoms with E-state index in [9.17, 15) is 13.2 Å². The Morgan fingerprint density at radius 3 is 2.52 bits per heavy atom. The largest absolute Gasteiger partial charge is 0.496 e. The minimum atomic E-state index is -4.19. The van der Waals surface area contributed by atoms with E-state index in [0.717, 1.165) is 11.1 Å². The van der Waals surface area contributed by atoms with Crippen LogP contribution in [0.15, 0.2) is 18.2 Å². The van der Waals surface area contributed by atoms with Gasteiger partial charge in [-0.05, 0) is 17.7 Å². The molecule has 0 unspecified atom stereocenters. The number of halogens is 3. The van der Waals surface area contributed by atoms with Crippen LogP contribution < -0.4 is 10.1 Å². The summed E-state index contributed by atoms with van der Waals surface area (Å²) in [5.74, 6) is 0.621. The second kappa shape index (κ2) is 8.24. The van der Waals surface area contributed by atoms with Gasteiger partial charge in [0, 0.05) is 18.2 Å². The molecule has 6 heteroatoms. The first kappa shape index (κ1) is 17.8. The zero-order valence-corrected chi connectivity index (χ0v) is 12.6. The smallest absolute Gasteiger partial charge is 0.391 e. The van der Waals surface area contributed by atoms with E-state index in [4.69, 9.17) is 9.47 Å². The molecule has 1 aromatic rings. The Balaban J connectivity index is 2.59. The first-order valence-corrected chi connectivity index (χ1v) is 6.85. The van der Waals surface area contributed by atoms with Gasteiger partial charge < -0.3 is 14.8 Å². The molecular formula is C15H22F3NO2. The van der Waals surface area contributed by atoms with Crippen molar-refractivity contribution >= 4 is 0 Å². The Morgan fingerprint density at radius 2 is 1.95 bits per heavy atom. The second-order valence-electron chi connectivity index (χ2n) is 5.10. The molecule has 0 atom stereocenters. The van der Waals surface area contributed by atoms with Crippen molar-refractivity contribution in [3.63, 3.8) is 0 Å². The van der Waals surface area contributed by atoms with E-state index in [2.05, 4.69) is 5.32 Å². The van der Waals surface area contributed by atoms with Crippen LogP contribution >= 0.6 is 0 Å². The minimum absolute atomic E-state index is 0.106. The number of alkyl halides is 3. The summed E-state index contributed by atoms with van der Waals surface area (Å²) in [6, 6.07) is 5.98. The number of hydrogen-bond donors (Lipinski definition) is 1. The average Bonchev–Trinajstić information content (AvgIpc) is 2.40. The highest BCUT2D eigenvalue weighted by Crippen LogP contribution is 2.23. The summed E-state index contributed by atoms with van der Waals surface area (Å²) in [6.07, 6.45) is -5.13. The van der Waals surface area contributed by atoms with Crippen LogP contribution in [0.1, 0.15) is 31.4 Å². The molecule has 0 bridgehead atoms. The lowest BCUT2D eigenvalue weighted by atomic mass is 10.1. The lowest BCUT2D eigenvalue weighted by Crippen LogP contribution is -2.21. The summed E-state index contributed by atoms with van der Waals surface area (Å²) in [6.45, 7) is 4.54. The SMILES string of the molecule is COc1ccc(CNC(C)C)cc1COCCC(F)(F)F. The normalized spacial score (nSPS) is 12.0. The first-order valence-electron chi connectivity index (χ1n) is 6.85. The zero-order chi connectivity index (χ0) is 15.9. The van der Waals surface area contributed by atoms with E-state index in [1.54, 1.807) is 6.07 Å². The summed E-state index contributed by atoms with van der Waals surface area (Å²) in [7, 11) is 1.53. The third kappa shape index (κ3) is 7.34. The van der Waals surface area contributed by atoms with E-state index in [0.29, 0.717) is 18.3 Å². The van der Waals surface area contributed by atoms with Crippen LogP contribution in [0.2, 0.25) is 0 Å². The predicted molar refractivity (Wildman–Crippen MR) is 75.3 cm³/mol. The van der Waals surface area contributed by atoms with Crippen molar-refractivity contribution < 1.29 is 22.6 Å². The van der Waals surface area contributed by atoms with Gasteiger partial charge in [0.25, 0.3) is 0 Å². The fourth-order valence-corrected chi connectivity index (χ4v) is 1.75. The fourth-order valence-electron chi connectivity index (χ4n) is 1.75. The molecule has 0 spiro atoms. The van der Waals surface area contributed by atoms with Crippen LogP contribution in [0.3, 0.4) is 0 Å². The molecule has 0 aromatic heterocycles. The van der Waals surface area contributed by atoms with Gasteiger partial charge in [0.1, 0.15) is 5.75 Å². The van der Waals surface area contributed by atoms with Crippen molar-refractivity contribution in [3.8, 4) is 5.75 Å². The molecule has 0 aliphatic rings. The fraction of sp³-hybridized carbons (Fsp3) is 0.600. The molecule has 0 aliphatic carbocycles. The van der Waals surface area contributed by atoms with Gasteiger partial charge in [-0.1, -0.05) is 19.9 Å². The number of rotatable bonds is 8. The van der Waals surface area contributed by atoms with Crippen molar-refractivity contribution in [2.45, 2.75) is 45.6 Å².